The lowest BCUT2D eigenvalue weighted by molar-refractivity contribution is -0.189. The van der Waals surface area contributed by atoms with Crippen molar-refractivity contribution in [3.05, 3.63) is 118 Å². The van der Waals surface area contributed by atoms with Gasteiger partial charge in [-0.25, -0.2) is 19.0 Å². The Labute approximate surface area is 317 Å². The minimum absolute atomic E-state index is 0.208. The van der Waals surface area contributed by atoms with Crippen LogP contribution in [-0.4, -0.2) is 87.9 Å². The van der Waals surface area contributed by atoms with Crippen molar-refractivity contribution in [1.82, 2.24) is 23.9 Å². The fourth-order valence-corrected chi connectivity index (χ4v) is 7.60. The minimum Gasteiger partial charge on any atom is -0.491 e. The van der Waals surface area contributed by atoms with Crippen molar-refractivity contribution in [2.24, 2.45) is 0 Å². The highest BCUT2D eigenvalue weighted by atomic mass is 35.5. The van der Waals surface area contributed by atoms with Gasteiger partial charge in [-0.2, -0.15) is 5.10 Å². The molecule has 5 aromatic rings. The van der Waals surface area contributed by atoms with Crippen LogP contribution in [0.15, 0.2) is 96.6 Å². The summed E-state index contributed by atoms with van der Waals surface area (Å²) in [6, 6.07) is 21.5. The zero-order valence-corrected chi connectivity index (χ0v) is 31.0. The van der Waals surface area contributed by atoms with Crippen molar-refractivity contribution in [2.75, 3.05) is 55.8 Å². The maximum atomic E-state index is 13.1. The first-order valence-corrected chi connectivity index (χ1v) is 18.4. The molecule has 3 aliphatic rings. The highest BCUT2D eigenvalue weighted by molar-refractivity contribution is 6.35. The summed E-state index contributed by atoms with van der Waals surface area (Å²) in [4.78, 5) is 21.9. The van der Waals surface area contributed by atoms with E-state index in [-0.39, 0.29) is 17.9 Å². The zero-order valence-electron chi connectivity index (χ0n) is 29.5. The third-order valence-electron chi connectivity index (χ3n) is 9.74. The van der Waals surface area contributed by atoms with Gasteiger partial charge in [-0.05, 0) is 74.5 Å². The van der Waals surface area contributed by atoms with Crippen molar-refractivity contribution in [3.8, 4) is 11.4 Å². The Bertz CT molecular complexity index is 2060. The van der Waals surface area contributed by atoms with E-state index in [0.717, 1.165) is 49.0 Å². The Morgan fingerprint density at radius 3 is 2.15 bits per heavy atom. The minimum atomic E-state index is -1.10. The second-order valence-corrected chi connectivity index (χ2v) is 14.7. The van der Waals surface area contributed by atoms with Crippen LogP contribution in [0.4, 0.5) is 11.4 Å². The van der Waals surface area contributed by atoms with Crippen LogP contribution in [0.3, 0.4) is 0 Å². The summed E-state index contributed by atoms with van der Waals surface area (Å²) in [5.74, 6) is -0.997. The monoisotopic (exact) mass is 761 g/mol. The Kier molecular flexibility index (Phi) is 9.96. The number of ether oxygens (including phenoxy) is 5. The van der Waals surface area contributed by atoms with Crippen LogP contribution in [0.1, 0.15) is 19.4 Å². The Hall–Kier alpha value is -4.37. The number of hydrogen-bond donors (Lipinski definition) is 0. The van der Waals surface area contributed by atoms with E-state index >= 15 is 0 Å². The molecule has 0 spiro atoms. The van der Waals surface area contributed by atoms with Crippen LogP contribution >= 0.6 is 23.2 Å². The summed E-state index contributed by atoms with van der Waals surface area (Å²) in [5.41, 5.74) is 3.51. The largest absolute Gasteiger partial charge is 0.491 e. The van der Waals surface area contributed by atoms with Crippen LogP contribution in [0, 0.1) is 0 Å². The molecule has 0 bridgehead atoms. The molecule has 0 radical (unpaired) electrons. The number of hydrogen-bond acceptors (Lipinski definition) is 10. The molecule has 15 heteroatoms. The molecule has 0 amide bonds. The number of piperazine rings is 1. The summed E-state index contributed by atoms with van der Waals surface area (Å²) in [5, 5.41) is 5.32. The molecule has 13 nitrogen and oxygen atoms in total. The number of rotatable bonds is 11. The van der Waals surface area contributed by atoms with Gasteiger partial charge in [0.25, 0.3) is 0 Å². The first kappa shape index (κ1) is 35.6. The van der Waals surface area contributed by atoms with Crippen molar-refractivity contribution < 1.29 is 23.7 Å². The molecule has 3 fully saturated rings. The smallest absolute Gasteiger partial charge is 0.350 e. The van der Waals surface area contributed by atoms with E-state index in [1.165, 1.54) is 4.68 Å². The normalized spacial score (nSPS) is 22.8. The van der Waals surface area contributed by atoms with Gasteiger partial charge < -0.3 is 38.1 Å². The van der Waals surface area contributed by atoms with Gasteiger partial charge in [0.1, 0.15) is 30.9 Å². The number of benzene rings is 3. The molecule has 3 aliphatic heterocycles. The molecular weight excluding hydrogens is 721 g/mol. The second-order valence-electron chi connectivity index (χ2n) is 13.9. The van der Waals surface area contributed by atoms with Crippen LogP contribution in [0.5, 0.6) is 5.75 Å². The zero-order chi connectivity index (χ0) is 36.6. The van der Waals surface area contributed by atoms with E-state index < -0.39 is 11.6 Å². The number of aromatic nitrogens is 5. The number of imidazole rings is 1. The van der Waals surface area contributed by atoms with E-state index in [2.05, 4.69) is 44.1 Å². The predicted molar refractivity (Wildman–Crippen MR) is 200 cm³/mol. The van der Waals surface area contributed by atoms with Crippen LogP contribution < -0.4 is 20.2 Å². The predicted octanol–water partition coefficient (Wildman–Crippen LogP) is 5.36. The van der Waals surface area contributed by atoms with Gasteiger partial charge in [0.15, 0.2) is 5.79 Å². The summed E-state index contributed by atoms with van der Waals surface area (Å²) >= 11 is 12.8. The maximum absolute atomic E-state index is 13.1. The van der Waals surface area contributed by atoms with Crippen molar-refractivity contribution in [3.63, 3.8) is 0 Å². The van der Waals surface area contributed by atoms with Crippen LogP contribution in [0.25, 0.3) is 5.69 Å². The molecule has 278 valence electrons. The average Bonchev–Trinajstić information content (AvgIpc) is 3.97. The number of nitrogens with zero attached hydrogens (tertiary/aromatic N) is 7. The number of anilines is 2. The number of halogens is 2. The van der Waals surface area contributed by atoms with Crippen molar-refractivity contribution in [1.29, 1.82) is 0 Å². The third kappa shape index (κ3) is 7.82. The molecule has 5 heterocycles. The Morgan fingerprint density at radius 2 is 1.51 bits per heavy atom. The molecule has 3 saturated heterocycles. The van der Waals surface area contributed by atoms with E-state index in [0.29, 0.717) is 48.5 Å². The molecule has 2 aromatic heterocycles. The first-order chi connectivity index (χ1) is 25.6. The third-order valence-corrected chi connectivity index (χ3v) is 10.3. The highest BCUT2D eigenvalue weighted by Crippen LogP contribution is 2.40. The quantitative estimate of drug-likeness (QED) is 0.175. The van der Waals surface area contributed by atoms with E-state index in [1.807, 2.05) is 54.9 Å². The first-order valence-electron chi connectivity index (χ1n) is 17.7. The second kappa shape index (κ2) is 14.8. The summed E-state index contributed by atoms with van der Waals surface area (Å²) < 4.78 is 35.3. The van der Waals surface area contributed by atoms with Gasteiger partial charge in [0.05, 0.1) is 43.3 Å². The summed E-state index contributed by atoms with van der Waals surface area (Å²) in [6.07, 6.45) is 6.31. The molecule has 53 heavy (non-hydrogen) atoms. The van der Waals surface area contributed by atoms with Gasteiger partial charge in [-0.3, -0.25) is 0 Å². The molecule has 0 saturated carbocycles. The lowest BCUT2D eigenvalue weighted by Crippen LogP contribution is -2.46. The lowest BCUT2D eigenvalue weighted by Gasteiger charge is -2.37. The maximum Gasteiger partial charge on any atom is 0.350 e. The molecule has 8 rings (SSSR count). The van der Waals surface area contributed by atoms with E-state index in [9.17, 15) is 4.79 Å². The highest BCUT2D eigenvalue weighted by Gasteiger charge is 2.45. The fraction of sp³-hybridized carbons (Fsp3) is 0.395. The van der Waals surface area contributed by atoms with E-state index in [1.54, 1.807) is 35.6 Å². The SMILES string of the molecule is CC1(C)OCC(Cn2ncn(-c3ccc(N4CCN(c5ccc(OC[C@@H]6CO[C@@](Cn7ccnc7)(c7ccc(Cl)cc7Cl)O6)cc5)CC4)cc3)c2=O)O1. The topological polar surface area (TPSA) is 110 Å². The van der Waals surface area contributed by atoms with Gasteiger partial charge >= 0.3 is 5.69 Å². The van der Waals surface area contributed by atoms with Gasteiger partial charge in [-0.1, -0.05) is 29.3 Å². The van der Waals surface area contributed by atoms with Gasteiger partial charge in [0.2, 0.25) is 5.79 Å². The van der Waals surface area contributed by atoms with Gasteiger partial charge in [0, 0.05) is 60.5 Å². The molecular formula is C38H41Cl2N7O6. The molecule has 0 aliphatic carbocycles. The molecule has 3 atom stereocenters. The summed E-state index contributed by atoms with van der Waals surface area (Å²) in [7, 11) is 0. The summed E-state index contributed by atoms with van der Waals surface area (Å²) in [6.45, 7) is 9.01. The van der Waals surface area contributed by atoms with E-state index in [4.69, 9.17) is 46.9 Å². The van der Waals surface area contributed by atoms with Crippen molar-refractivity contribution >= 4 is 34.6 Å². The molecule has 0 N–H and O–H groups in total. The standard InChI is InChI=1S/C38H41Cl2N7O6/c1-37(2)50-22-32(52-37)20-47-36(48)46(26-42-47)30-6-4-28(5-7-30)44-15-17-45(18-16-44)29-8-10-31(11-9-29)49-21-33-23-51-38(53-33,24-43-14-13-41-25-43)34-12-3-27(39)19-35(34)40/h3-14,19,25-26,32-33H,15-18,20-24H2,1-2H3/t32?,33-,38-/m1/s1. The van der Waals surface area contributed by atoms with Gasteiger partial charge in [-0.15, -0.1) is 0 Å². The molecule has 1 unspecified atom stereocenters. The average molecular weight is 763 g/mol. The lowest BCUT2D eigenvalue weighted by atomic mass is 10.1. The fourth-order valence-electron chi connectivity index (χ4n) is 7.05. The Morgan fingerprint density at radius 1 is 0.830 bits per heavy atom. The van der Waals surface area contributed by atoms with Crippen molar-refractivity contribution in [2.45, 2.75) is 50.7 Å². The van der Waals surface area contributed by atoms with Crippen LogP contribution in [-0.2, 0) is 37.8 Å². The van der Waals surface area contributed by atoms with Crippen LogP contribution in [0.2, 0.25) is 10.0 Å². The molecule has 3 aromatic carbocycles. The Balaban J connectivity index is 0.831.